The van der Waals surface area contributed by atoms with Gasteiger partial charge in [-0.1, -0.05) is 18.1 Å². The minimum absolute atomic E-state index is 0.220. The second-order valence-electron chi connectivity index (χ2n) is 2.18. The van der Waals surface area contributed by atoms with Gasteiger partial charge in [-0.25, -0.2) is 0 Å². The van der Waals surface area contributed by atoms with E-state index in [2.05, 4.69) is 23.5 Å². The second kappa shape index (κ2) is 3.74. The van der Waals surface area contributed by atoms with Crippen molar-refractivity contribution in [3.05, 3.63) is 29.8 Å². The summed E-state index contributed by atoms with van der Waals surface area (Å²) in [7, 11) is 0. The molecule has 60 valence electrons. The maximum atomic E-state index is 5.30. The molecule has 0 aromatic heterocycles. The molecule has 0 radical (unpaired) electrons. The Balaban J connectivity index is 2.99. The first-order valence-electron chi connectivity index (χ1n) is 3.36. The molecule has 0 unspecified atom stereocenters. The summed E-state index contributed by atoms with van der Waals surface area (Å²) in [5.74, 6) is 2.52. The van der Waals surface area contributed by atoms with Crippen LogP contribution in [0, 0.1) is 12.3 Å². The lowest BCUT2D eigenvalue weighted by Gasteiger charge is -2.04. The Morgan fingerprint density at radius 3 is 2.75 bits per heavy atom. The zero-order chi connectivity index (χ0) is 8.97. The van der Waals surface area contributed by atoms with Gasteiger partial charge in [-0.3, -0.25) is 0 Å². The Bertz CT molecular complexity index is 339. The van der Waals surface area contributed by atoms with Gasteiger partial charge in [0.05, 0.1) is 5.69 Å². The van der Waals surface area contributed by atoms with Gasteiger partial charge in [0.15, 0.2) is 5.11 Å². The highest BCUT2D eigenvalue weighted by molar-refractivity contribution is 7.80. The van der Waals surface area contributed by atoms with Crippen LogP contribution in [0.5, 0.6) is 0 Å². The van der Waals surface area contributed by atoms with Gasteiger partial charge in [-0.2, -0.15) is 0 Å². The second-order valence-corrected chi connectivity index (χ2v) is 2.62. The van der Waals surface area contributed by atoms with E-state index in [1.807, 2.05) is 24.3 Å². The molecule has 0 aliphatic heterocycles. The van der Waals surface area contributed by atoms with Crippen LogP contribution >= 0.6 is 12.2 Å². The molecule has 0 amide bonds. The van der Waals surface area contributed by atoms with E-state index < -0.39 is 0 Å². The molecule has 0 saturated carbocycles. The summed E-state index contributed by atoms with van der Waals surface area (Å²) in [6.07, 6.45) is 5.25. The zero-order valence-corrected chi connectivity index (χ0v) is 7.19. The normalized spacial score (nSPS) is 8.58. The lowest BCUT2D eigenvalue weighted by molar-refractivity contribution is 1.57. The summed E-state index contributed by atoms with van der Waals surface area (Å²) >= 11 is 4.68. The molecule has 0 fully saturated rings. The number of hydrogen-bond acceptors (Lipinski definition) is 1. The average molecular weight is 176 g/mol. The van der Waals surface area contributed by atoms with Crippen molar-refractivity contribution in [2.24, 2.45) is 5.73 Å². The fraction of sp³-hybridized carbons (Fsp3) is 0. The third-order valence-corrected chi connectivity index (χ3v) is 1.44. The highest BCUT2D eigenvalue weighted by Gasteiger charge is 1.97. The number of benzene rings is 1. The van der Waals surface area contributed by atoms with Crippen LogP contribution in [0.15, 0.2) is 24.3 Å². The summed E-state index contributed by atoms with van der Waals surface area (Å²) in [4.78, 5) is 0. The smallest absolute Gasteiger partial charge is 0.168 e. The molecular formula is C9H8N2S. The first-order chi connectivity index (χ1) is 5.74. The summed E-state index contributed by atoms with van der Waals surface area (Å²) in [6.45, 7) is 0. The van der Waals surface area contributed by atoms with Crippen molar-refractivity contribution < 1.29 is 0 Å². The van der Waals surface area contributed by atoms with Gasteiger partial charge in [-0.15, -0.1) is 6.42 Å². The van der Waals surface area contributed by atoms with Gasteiger partial charge in [0.25, 0.3) is 0 Å². The third kappa shape index (κ3) is 1.97. The lowest BCUT2D eigenvalue weighted by Crippen LogP contribution is -2.19. The van der Waals surface area contributed by atoms with Gasteiger partial charge in [0.2, 0.25) is 0 Å². The van der Waals surface area contributed by atoms with E-state index in [-0.39, 0.29) is 5.11 Å². The summed E-state index contributed by atoms with van der Waals surface area (Å²) < 4.78 is 0. The molecule has 1 rings (SSSR count). The third-order valence-electron chi connectivity index (χ3n) is 1.34. The minimum Gasteiger partial charge on any atom is -0.376 e. The number of terminal acetylenes is 1. The maximum absolute atomic E-state index is 5.30. The molecule has 0 aliphatic rings. The van der Waals surface area contributed by atoms with Crippen LogP contribution in [0.1, 0.15) is 5.56 Å². The quantitative estimate of drug-likeness (QED) is 0.500. The Morgan fingerprint density at radius 2 is 2.17 bits per heavy atom. The van der Waals surface area contributed by atoms with Crippen LogP contribution in [0.3, 0.4) is 0 Å². The summed E-state index contributed by atoms with van der Waals surface area (Å²) in [5.41, 5.74) is 6.83. The first kappa shape index (κ1) is 8.57. The molecule has 12 heavy (non-hydrogen) atoms. The predicted molar refractivity (Wildman–Crippen MR) is 54.8 cm³/mol. The van der Waals surface area contributed by atoms with E-state index >= 15 is 0 Å². The van der Waals surface area contributed by atoms with Crippen molar-refractivity contribution in [2.45, 2.75) is 0 Å². The van der Waals surface area contributed by atoms with E-state index in [4.69, 9.17) is 12.2 Å². The van der Waals surface area contributed by atoms with Crippen LogP contribution in [0.2, 0.25) is 0 Å². The van der Waals surface area contributed by atoms with E-state index in [0.29, 0.717) is 0 Å². The Hall–Kier alpha value is -1.53. The number of anilines is 1. The Morgan fingerprint density at radius 1 is 1.50 bits per heavy atom. The number of nitrogens with two attached hydrogens (primary N) is 1. The van der Waals surface area contributed by atoms with Crippen LogP contribution in [-0.4, -0.2) is 5.11 Å². The Kier molecular flexibility index (Phi) is 2.67. The topological polar surface area (TPSA) is 38.0 Å². The van der Waals surface area contributed by atoms with Gasteiger partial charge < -0.3 is 11.1 Å². The van der Waals surface area contributed by atoms with Crippen LogP contribution in [0.4, 0.5) is 5.69 Å². The monoisotopic (exact) mass is 176 g/mol. The molecule has 2 nitrogen and oxygen atoms in total. The molecule has 0 saturated heterocycles. The van der Waals surface area contributed by atoms with Gasteiger partial charge in [0.1, 0.15) is 0 Å². The van der Waals surface area contributed by atoms with Crippen molar-refractivity contribution >= 4 is 23.0 Å². The number of nitrogens with one attached hydrogen (secondary N) is 1. The molecule has 1 aromatic carbocycles. The molecule has 1 aromatic rings. The van der Waals surface area contributed by atoms with Crippen LogP contribution in [-0.2, 0) is 0 Å². The molecule has 3 heteroatoms. The maximum Gasteiger partial charge on any atom is 0.168 e. The minimum atomic E-state index is 0.220. The number of thiocarbonyl (C=S) groups is 1. The van der Waals surface area contributed by atoms with Crippen LogP contribution < -0.4 is 11.1 Å². The summed E-state index contributed by atoms with van der Waals surface area (Å²) in [6, 6.07) is 7.37. The zero-order valence-electron chi connectivity index (χ0n) is 6.37. The number of hydrogen-bond donors (Lipinski definition) is 2. The molecule has 0 aliphatic carbocycles. The van der Waals surface area contributed by atoms with Gasteiger partial charge >= 0.3 is 0 Å². The fourth-order valence-corrected chi connectivity index (χ4v) is 0.961. The first-order valence-corrected chi connectivity index (χ1v) is 3.77. The summed E-state index contributed by atoms with van der Waals surface area (Å²) in [5, 5.41) is 3.01. The van der Waals surface area contributed by atoms with Gasteiger partial charge in [-0.05, 0) is 24.4 Å². The molecule has 0 bridgehead atoms. The van der Waals surface area contributed by atoms with E-state index in [1.54, 1.807) is 0 Å². The molecule has 0 atom stereocenters. The molecule has 0 spiro atoms. The van der Waals surface area contributed by atoms with Crippen molar-refractivity contribution in [1.82, 2.24) is 0 Å². The number of para-hydroxylation sites is 1. The molecule has 0 heterocycles. The highest BCUT2D eigenvalue weighted by Crippen LogP contribution is 2.12. The lowest BCUT2D eigenvalue weighted by atomic mass is 10.2. The van der Waals surface area contributed by atoms with Crippen molar-refractivity contribution in [1.29, 1.82) is 0 Å². The Labute approximate surface area is 76.8 Å². The largest absolute Gasteiger partial charge is 0.376 e. The number of rotatable bonds is 1. The molecular weight excluding hydrogens is 168 g/mol. The predicted octanol–water partition coefficient (Wildman–Crippen LogP) is 1.32. The van der Waals surface area contributed by atoms with E-state index in [0.717, 1.165) is 11.3 Å². The fourth-order valence-electron chi connectivity index (χ4n) is 0.851. The van der Waals surface area contributed by atoms with Crippen molar-refractivity contribution in [3.8, 4) is 12.3 Å². The highest BCUT2D eigenvalue weighted by atomic mass is 32.1. The average Bonchev–Trinajstić information content (AvgIpc) is 2.04. The van der Waals surface area contributed by atoms with Crippen LogP contribution in [0.25, 0.3) is 0 Å². The molecule has 3 N–H and O–H groups in total. The van der Waals surface area contributed by atoms with Crippen molar-refractivity contribution in [2.75, 3.05) is 5.32 Å². The van der Waals surface area contributed by atoms with Gasteiger partial charge in [0, 0.05) is 5.56 Å². The van der Waals surface area contributed by atoms with Crippen molar-refractivity contribution in [3.63, 3.8) is 0 Å². The SMILES string of the molecule is C#Cc1ccccc1NC(N)=S. The standard InChI is InChI=1S/C9H8N2S/c1-2-7-5-3-4-6-8(7)11-9(10)12/h1,3-6H,(H3,10,11,12). The van der Waals surface area contributed by atoms with E-state index in [9.17, 15) is 0 Å². The van der Waals surface area contributed by atoms with E-state index in [1.165, 1.54) is 0 Å².